The van der Waals surface area contributed by atoms with Crippen LogP contribution >= 0.6 is 0 Å². The second-order valence-corrected chi connectivity index (χ2v) is 9.72. The number of likely N-dealkylation sites (tertiary alicyclic amines) is 1. The summed E-state index contributed by atoms with van der Waals surface area (Å²) in [4.78, 5) is 15.8. The zero-order valence-corrected chi connectivity index (χ0v) is 20.6. The summed E-state index contributed by atoms with van der Waals surface area (Å²) >= 11 is 0. The number of nitrogens with one attached hydrogen (secondary N) is 1. The van der Waals surface area contributed by atoms with Gasteiger partial charge in [-0.25, -0.2) is 8.78 Å². The lowest BCUT2D eigenvalue weighted by Crippen LogP contribution is -3.00. The van der Waals surface area contributed by atoms with Gasteiger partial charge >= 0.3 is 0 Å². The van der Waals surface area contributed by atoms with Gasteiger partial charge in [0.1, 0.15) is 0 Å². The molecule has 35 heavy (non-hydrogen) atoms. The summed E-state index contributed by atoms with van der Waals surface area (Å²) in [6.07, 6.45) is -0.665. The molecule has 1 amide bonds. The zero-order chi connectivity index (χ0) is 23.7. The minimum Gasteiger partial charge on any atom is -1.00 e. The van der Waals surface area contributed by atoms with Gasteiger partial charge < -0.3 is 32.1 Å². The molecule has 0 radical (unpaired) electrons. The number of para-hydroxylation sites is 1. The van der Waals surface area contributed by atoms with Crippen LogP contribution in [0.5, 0.6) is 11.5 Å². The van der Waals surface area contributed by atoms with E-state index in [2.05, 4.69) is 17.4 Å². The molecule has 4 atom stereocenters. The van der Waals surface area contributed by atoms with E-state index in [1.165, 1.54) is 5.56 Å². The minimum absolute atomic E-state index is 0. The predicted molar refractivity (Wildman–Crippen MR) is 126 cm³/mol. The highest BCUT2D eigenvalue weighted by molar-refractivity contribution is 5.82. The third-order valence-electron chi connectivity index (χ3n) is 8.00. The Balaban J connectivity index is 0.00000289. The van der Waals surface area contributed by atoms with Crippen LogP contribution in [0.15, 0.2) is 48.5 Å². The molecule has 2 unspecified atom stereocenters. The van der Waals surface area contributed by atoms with Crippen molar-refractivity contribution < 1.29 is 35.5 Å². The Labute approximate surface area is 211 Å². The summed E-state index contributed by atoms with van der Waals surface area (Å²) in [6.45, 7) is 2.20. The van der Waals surface area contributed by atoms with Crippen molar-refractivity contribution in [2.75, 3.05) is 33.4 Å². The number of alkyl halides is 2. The summed E-state index contributed by atoms with van der Waals surface area (Å²) in [5.74, 6) is 1.21. The number of benzene rings is 2. The molecule has 2 saturated heterocycles. The molecular formula is C27H32ClF2N2O3-. The third-order valence-corrected chi connectivity index (χ3v) is 8.00. The molecule has 0 bridgehead atoms. The first-order valence-corrected chi connectivity index (χ1v) is 12.2. The maximum absolute atomic E-state index is 14.0. The van der Waals surface area contributed by atoms with Crippen LogP contribution in [0.4, 0.5) is 8.78 Å². The van der Waals surface area contributed by atoms with E-state index in [-0.39, 0.29) is 36.6 Å². The first kappa shape index (κ1) is 25.7. The van der Waals surface area contributed by atoms with Crippen molar-refractivity contribution >= 4 is 5.91 Å². The summed E-state index contributed by atoms with van der Waals surface area (Å²) in [6, 6.07) is 15.4. The Morgan fingerprint density at radius 2 is 2.03 bits per heavy atom. The third kappa shape index (κ3) is 4.73. The molecule has 3 aliphatic heterocycles. The van der Waals surface area contributed by atoms with E-state index in [4.69, 9.17) is 9.47 Å². The lowest BCUT2D eigenvalue weighted by atomic mass is 9.68. The summed E-state index contributed by atoms with van der Waals surface area (Å²) < 4.78 is 38.7. The summed E-state index contributed by atoms with van der Waals surface area (Å²) in [5.41, 5.74) is 1.72. The van der Waals surface area contributed by atoms with Gasteiger partial charge in [0.2, 0.25) is 12.3 Å². The molecule has 0 aliphatic carbocycles. The van der Waals surface area contributed by atoms with Gasteiger partial charge in [-0.1, -0.05) is 42.5 Å². The number of carbonyl (C=O) groups is 1. The van der Waals surface area contributed by atoms with Crippen LogP contribution in [0.1, 0.15) is 42.7 Å². The lowest BCUT2D eigenvalue weighted by molar-refractivity contribution is -0.142. The van der Waals surface area contributed by atoms with E-state index >= 15 is 0 Å². The first-order chi connectivity index (χ1) is 16.5. The van der Waals surface area contributed by atoms with Crippen LogP contribution in [-0.4, -0.2) is 56.6 Å². The number of hydrogen-bond donors (Lipinski definition) is 1. The van der Waals surface area contributed by atoms with Crippen molar-refractivity contribution in [3.05, 3.63) is 59.7 Å². The van der Waals surface area contributed by atoms with Crippen molar-refractivity contribution in [1.82, 2.24) is 10.2 Å². The largest absolute Gasteiger partial charge is 1.00 e. The van der Waals surface area contributed by atoms with E-state index in [9.17, 15) is 13.6 Å². The predicted octanol–water partition coefficient (Wildman–Crippen LogP) is 1.37. The van der Waals surface area contributed by atoms with Gasteiger partial charge in [-0.15, -0.1) is 0 Å². The van der Waals surface area contributed by atoms with Gasteiger partial charge in [0, 0.05) is 43.1 Å². The molecule has 0 aromatic heterocycles. The van der Waals surface area contributed by atoms with Crippen LogP contribution in [0.25, 0.3) is 0 Å². The van der Waals surface area contributed by atoms with E-state index in [1.54, 1.807) is 12.0 Å². The number of carbonyl (C=O) groups excluding carboxylic acids is 1. The molecule has 0 saturated carbocycles. The van der Waals surface area contributed by atoms with Gasteiger partial charge in [-0.2, -0.15) is 0 Å². The highest BCUT2D eigenvalue weighted by atomic mass is 35.5. The number of fused-ring (bicyclic) bond motifs is 2. The number of methoxy groups -OCH3 is 1. The smallest absolute Gasteiger partial charge is 0.240 e. The fraction of sp³-hybridized carbons (Fsp3) is 0.519. The Kier molecular flexibility index (Phi) is 7.86. The molecule has 2 fully saturated rings. The SMILES string of the molecule is COc1cccc2c1OCC[C@]21CNC[C@H]1C(=O)N1CCC(c2ccccc2)CC1CC(F)F.[Cl-]. The van der Waals surface area contributed by atoms with E-state index in [1.807, 2.05) is 36.4 Å². The quantitative estimate of drug-likeness (QED) is 0.667. The average molecular weight is 506 g/mol. The van der Waals surface area contributed by atoms with E-state index in [0.717, 1.165) is 12.0 Å². The molecular weight excluding hydrogens is 474 g/mol. The van der Waals surface area contributed by atoms with Gasteiger partial charge in [-0.3, -0.25) is 4.79 Å². The molecule has 5 rings (SSSR count). The Bertz CT molecular complexity index is 1020. The fourth-order valence-corrected chi connectivity index (χ4v) is 6.31. The second-order valence-electron chi connectivity index (χ2n) is 9.72. The fourth-order valence-electron chi connectivity index (χ4n) is 6.31. The molecule has 3 aliphatic rings. The molecule has 1 N–H and O–H groups in total. The van der Waals surface area contributed by atoms with Crippen LogP contribution in [0, 0.1) is 5.92 Å². The Hall–Kier alpha value is -2.38. The van der Waals surface area contributed by atoms with Gasteiger partial charge in [-0.05, 0) is 36.8 Å². The summed E-state index contributed by atoms with van der Waals surface area (Å²) in [5, 5.41) is 3.43. The first-order valence-electron chi connectivity index (χ1n) is 12.2. The number of hydrogen-bond acceptors (Lipinski definition) is 4. The van der Waals surface area contributed by atoms with Gasteiger partial charge in [0.15, 0.2) is 11.5 Å². The topological polar surface area (TPSA) is 50.8 Å². The van der Waals surface area contributed by atoms with Crippen LogP contribution in [0.3, 0.4) is 0 Å². The maximum Gasteiger partial charge on any atom is 0.240 e. The second kappa shape index (κ2) is 10.7. The number of piperidine rings is 1. The van der Waals surface area contributed by atoms with Gasteiger partial charge in [0.05, 0.1) is 19.6 Å². The standard InChI is InChI=1S/C27H32F2N2O3.ClH/c1-33-23-9-5-8-21-25(23)34-13-11-27(21)17-30-16-22(27)26(32)31-12-10-19(14-20(31)15-24(28)29)18-6-3-2-4-7-18;/h2-9,19-20,22,24,30H,10-17H2,1H3;1H/p-1/t19?,20?,22-,27-;/m0./s1. The number of rotatable bonds is 5. The minimum atomic E-state index is -2.45. The van der Waals surface area contributed by atoms with E-state index < -0.39 is 17.9 Å². The summed E-state index contributed by atoms with van der Waals surface area (Å²) in [7, 11) is 1.61. The molecule has 3 heterocycles. The number of amides is 1. The zero-order valence-electron chi connectivity index (χ0n) is 19.9. The Morgan fingerprint density at radius 1 is 1.23 bits per heavy atom. The highest BCUT2D eigenvalue weighted by Crippen LogP contribution is 2.50. The van der Waals surface area contributed by atoms with Crippen molar-refractivity contribution in [2.45, 2.75) is 49.5 Å². The molecule has 2 aromatic carbocycles. The highest BCUT2D eigenvalue weighted by Gasteiger charge is 2.53. The molecule has 8 heteroatoms. The normalized spacial score (nSPS) is 27.8. The van der Waals surface area contributed by atoms with Crippen LogP contribution < -0.4 is 27.2 Å². The van der Waals surface area contributed by atoms with Crippen LogP contribution in [-0.2, 0) is 10.2 Å². The van der Waals surface area contributed by atoms with Crippen LogP contribution in [0.2, 0.25) is 0 Å². The molecule has 1 spiro atoms. The average Bonchev–Trinajstić information content (AvgIpc) is 3.27. The number of nitrogens with zero attached hydrogens (tertiary/aromatic N) is 1. The van der Waals surface area contributed by atoms with E-state index in [0.29, 0.717) is 50.6 Å². The maximum atomic E-state index is 14.0. The number of ether oxygens (including phenoxy) is 2. The van der Waals surface area contributed by atoms with Gasteiger partial charge in [0.25, 0.3) is 0 Å². The molecule has 2 aromatic rings. The van der Waals surface area contributed by atoms with Crippen molar-refractivity contribution in [3.63, 3.8) is 0 Å². The van der Waals surface area contributed by atoms with Crippen molar-refractivity contribution in [1.29, 1.82) is 0 Å². The number of halogens is 3. The molecule has 190 valence electrons. The van der Waals surface area contributed by atoms with Crippen molar-refractivity contribution in [3.8, 4) is 11.5 Å². The lowest BCUT2D eigenvalue weighted by Gasteiger charge is -2.45. The van der Waals surface area contributed by atoms with Crippen molar-refractivity contribution in [2.24, 2.45) is 5.92 Å². The molecule has 5 nitrogen and oxygen atoms in total. The monoisotopic (exact) mass is 505 g/mol. The Morgan fingerprint density at radius 3 is 2.77 bits per heavy atom.